The van der Waals surface area contributed by atoms with E-state index in [4.69, 9.17) is 4.74 Å². The Morgan fingerprint density at radius 2 is 1.12 bits per heavy atom. The zero-order valence-corrected chi connectivity index (χ0v) is 16.7. The van der Waals surface area contributed by atoms with E-state index in [0.29, 0.717) is 19.2 Å². The maximum Gasteiger partial charge on any atom is 0.114 e. The highest BCUT2D eigenvalue weighted by Crippen LogP contribution is 2.11. The number of halogens is 2. The van der Waals surface area contributed by atoms with E-state index in [1.807, 2.05) is 0 Å². The lowest BCUT2D eigenvalue weighted by atomic mass is 10.3. The van der Waals surface area contributed by atoms with Crippen molar-refractivity contribution in [2.24, 2.45) is 0 Å². The lowest BCUT2D eigenvalue weighted by Crippen LogP contribution is -2.22. The second-order valence-corrected chi connectivity index (χ2v) is 7.10. The SMILES string of the molecule is CCN1CCC(OC)C1.CCN1CC[C@@H](F)C1.CCN1CC[C@H](F)C1. The normalized spacial score (nSPS) is 30.7. The fourth-order valence-electron chi connectivity index (χ4n) is 3.42. The highest BCUT2D eigenvalue weighted by molar-refractivity contribution is 4.74. The summed E-state index contributed by atoms with van der Waals surface area (Å²) < 4.78 is 29.8. The van der Waals surface area contributed by atoms with Gasteiger partial charge in [-0.25, -0.2) is 8.78 Å². The van der Waals surface area contributed by atoms with Gasteiger partial charge in [-0.15, -0.1) is 0 Å². The van der Waals surface area contributed by atoms with Crippen LogP contribution in [-0.2, 0) is 4.74 Å². The molecule has 0 bridgehead atoms. The van der Waals surface area contributed by atoms with Crippen molar-refractivity contribution in [1.82, 2.24) is 14.7 Å². The van der Waals surface area contributed by atoms with Crippen molar-refractivity contribution < 1.29 is 13.5 Å². The van der Waals surface area contributed by atoms with Gasteiger partial charge in [0.1, 0.15) is 12.3 Å². The molecule has 0 radical (unpaired) electrons. The standard InChI is InChI=1S/C7H15NO.2C6H12FN/c1-3-8-5-4-7(6-8)9-2;2*1-2-8-4-3-6(7)5-8/h7H,3-6H2,1-2H3;2*6H,2-5H2,1H3/t;2*6-/m.10/s1. The summed E-state index contributed by atoms with van der Waals surface area (Å²) in [7, 11) is 1.80. The summed E-state index contributed by atoms with van der Waals surface area (Å²) in [6.07, 6.45) is 2.11. The molecule has 25 heavy (non-hydrogen) atoms. The molecule has 3 aliphatic heterocycles. The molecule has 3 rings (SSSR count). The highest BCUT2D eigenvalue weighted by atomic mass is 19.1. The molecule has 4 nitrogen and oxygen atoms in total. The number of likely N-dealkylation sites (tertiary alicyclic amines) is 3. The first-order valence-corrected chi connectivity index (χ1v) is 10.00. The Hall–Kier alpha value is -0.300. The van der Waals surface area contributed by atoms with Crippen LogP contribution in [0.15, 0.2) is 0 Å². The van der Waals surface area contributed by atoms with Gasteiger partial charge in [0.2, 0.25) is 0 Å². The number of rotatable bonds is 4. The summed E-state index contributed by atoms with van der Waals surface area (Å²) in [5, 5.41) is 0. The summed E-state index contributed by atoms with van der Waals surface area (Å²) in [6.45, 7) is 15.1. The number of nitrogens with zero attached hydrogens (tertiary/aromatic N) is 3. The van der Waals surface area contributed by atoms with Crippen LogP contribution in [0, 0.1) is 0 Å². The quantitative estimate of drug-likeness (QED) is 0.764. The van der Waals surface area contributed by atoms with Crippen molar-refractivity contribution in [3.8, 4) is 0 Å². The number of ether oxygens (including phenoxy) is 1. The largest absolute Gasteiger partial charge is 0.380 e. The van der Waals surface area contributed by atoms with E-state index >= 15 is 0 Å². The van der Waals surface area contributed by atoms with Crippen molar-refractivity contribution in [2.75, 3.05) is 66.0 Å². The van der Waals surface area contributed by atoms with E-state index in [1.165, 1.54) is 19.5 Å². The topological polar surface area (TPSA) is 19.0 Å². The van der Waals surface area contributed by atoms with E-state index in [-0.39, 0.29) is 0 Å². The van der Waals surface area contributed by atoms with Crippen molar-refractivity contribution in [2.45, 2.75) is 58.5 Å². The number of hydrogen-bond acceptors (Lipinski definition) is 4. The zero-order chi connectivity index (χ0) is 18.7. The molecule has 3 fully saturated rings. The van der Waals surface area contributed by atoms with Crippen LogP contribution in [0.25, 0.3) is 0 Å². The maximum atomic E-state index is 12.3. The number of alkyl halides is 2. The molecule has 3 saturated heterocycles. The van der Waals surface area contributed by atoms with Crippen molar-refractivity contribution >= 4 is 0 Å². The van der Waals surface area contributed by atoms with Gasteiger partial charge in [-0.2, -0.15) is 0 Å². The molecule has 3 aliphatic rings. The van der Waals surface area contributed by atoms with Gasteiger partial charge in [0.15, 0.2) is 0 Å². The van der Waals surface area contributed by atoms with E-state index in [2.05, 4.69) is 35.5 Å². The smallest absolute Gasteiger partial charge is 0.114 e. The van der Waals surface area contributed by atoms with Gasteiger partial charge in [0.05, 0.1) is 6.10 Å². The summed E-state index contributed by atoms with van der Waals surface area (Å²) in [4.78, 5) is 6.67. The molecule has 0 aromatic carbocycles. The van der Waals surface area contributed by atoms with Gasteiger partial charge in [-0.1, -0.05) is 20.8 Å². The van der Waals surface area contributed by atoms with Gasteiger partial charge in [0, 0.05) is 46.4 Å². The van der Waals surface area contributed by atoms with Crippen molar-refractivity contribution in [3.63, 3.8) is 0 Å². The predicted molar refractivity (Wildman–Crippen MR) is 101 cm³/mol. The van der Waals surface area contributed by atoms with Crippen molar-refractivity contribution in [1.29, 1.82) is 0 Å². The van der Waals surface area contributed by atoms with E-state index in [0.717, 1.165) is 45.6 Å². The highest BCUT2D eigenvalue weighted by Gasteiger charge is 2.20. The Morgan fingerprint density at radius 3 is 1.32 bits per heavy atom. The Labute approximate surface area is 153 Å². The fraction of sp³-hybridized carbons (Fsp3) is 1.00. The monoisotopic (exact) mass is 363 g/mol. The lowest BCUT2D eigenvalue weighted by molar-refractivity contribution is 0.109. The molecule has 3 heterocycles. The summed E-state index contributed by atoms with van der Waals surface area (Å²) >= 11 is 0. The molecule has 0 spiro atoms. The second kappa shape index (κ2) is 13.0. The van der Waals surface area contributed by atoms with Crippen LogP contribution in [0.5, 0.6) is 0 Å². The number of likely N-dealkylation sites (N-methyl/N-ethyl adjacent to an activating group) is 1. The van der Waals surface area contributed by atoms with Gasteiger partial charge >= 0.3 is 0 Å². The molecule has 0 N–H and O–H groups in total. The van der Waals surface area contributed by atoms with Crippen LogP contribution in [-0.4, -0.2) is 99.2 Å². The van der Waals surface area contributed by atoms with Crippen LogP contribution in [0.4, 0.5) is 8.78 Å². The molecule has 0 saturated carbocycles. The average molecular weight is 364 g/mol. The van der Waals surface area contributed by atoms with Crippen LogP contribution >= 0.6 is 0 Å². The first-order valence-electron chi connectivity index (χ1n) is 10.00. The van der Waals surface area contributed by atoms with Crippen LogP contribution in [0.1, 0.15) is 40.0 Å². The van der Waals surface area contributed by atoms with Gasteiger partial charge in [0.25, 0.3) is 0 Å². The molecular weight excluding hydrogens is 324 g/mol. The van der Waals surface area contributed by atoms with Gasteiger partial charge in [-0.05, 0) is 38.9 Å². The van der Waals surface area contributed by atoms with Gasteiger partial charge < -0.3 is 19.4 Å². The summed E-state index contributed by atoms with van der Waals surface area (Å²) in [6, 6.07) is 0. The van der Waals surface area contributed by atoms with E-state index < -0.39 is 12.3 Å². The Bertz CT molecular complexity index is 306. The Morgan fingerprint density at radius 1 is 0.720 bits per heavy atom. The number of methoxy groups -OCH3 is 1. The molecule has 1 unspecified atom stereocenters. The Balaban J connectivity index is 0.000000188. The minimum Gasteiger partial charge on any atom is -0.380 e. The average Bonchev–Trinajstić information content (AvgIpc) is 3.36. The third kappa shape index (κ3) is 9.27. The van der Waals surface area contributed by atoms with Gasteiger partial charge in [-0.3, -0.25) is 0 Å². The lowest BCUT2D eigenvalue weighted by Gasteiger charge is -2.11. The third-order valence-corrected chi connectivity index (χ3v) is 5.33. The van der Waals surface area contributed by atoms with Crippen LogP contribution in [0.2, 0.25) is 0 Å². The minimum absolute atomic E-state index is 0.505. The zero-order valence-electron chi connectivity index (χ0n) is 16.7. The predicted octanol–water partition coefficient (Wildman–Crippen LogP) is 2.83. The molecule has 0 aromatic rings. The third-order valence-electron chi connectivity index (χ3n) is 5.33. The minimum atomic E-state index is -0.546. The van der Waals surface area contributed by atoms with E-state index in [1.54, 1.807) is 7.11 Å². The molecule has 3 atom stereocenters. The molecule has 0 amide bonds. The molecule has 0 aromatic heterocycles. The van der Waals surface area contributed by atoms with Crippen molar-refractivity contribution in [3.05, 3.63) is 0 Å². The summed E-state index contributed by atoms with van der Waals surface area (Å²) in [5.74, 6) is 0. The molecular formula is C19H39F2N3O. The second-order valence-electron chi connectivity index (χ2n) is 7.10. The first kappa shape index (κ1) is 22.7. The Kier molecular flexibility index (Phi) is 11.8. The molecule has 0 aliphatic carbocycles. The summed E-state index contributed by atoms with van der Waals surface area (Å²) in [5.41, 5.74) is 0. The number of hydrogen-bond donors (Lipinski definition) is 0. The maximum absolute atomic E-state index is 12.3. The first-order chi connectivity index (χ1) is 12.0. The van der Waals surface area contributed by atoms with Crippen LogP contribution < -0.4 is 0 Å². The van der Waals surface area contributed by atoms with Crippen LogP contribution in [0.3, 0.4) is 0 Å². The van der Waals surface area contributed by atoms with E-state index in [9.17, 15) is 8.78 Å². The molecule has 6 heteroatoms. The molecule has 150 valence electrons. The fourth-order valence-corrected chi connectivity index (χ4v) is 3.42.